The van der Waals surface area contributed by atoms with E-state index >= 15 is 0 Å². The van der Waals surface area contributed by atoms with E-state index < -0.39 is 0 Å². The van der Waals surface area contributed by atoms with Gasteiger partial charge in [-0.3, -0.25) is 4.90 Å². The number of ether oxygens (including phenoxy) is 1. The van der Waals surface area contributed by atoms with Crippen molar-refractivity contribution in [1.82, 2.24) is 14.9 Å². The molecule has 1 spiro atoms. The number of nitrogens with zero attached hydrogens (tertiary/aromatic N) is 4. The predicted octanol–water partition coefficient (Wildman–Crippen LogP) is 2.36. The molecule has 0 unspecified atom stereocenters. The van der Waals surface area contributed by atoms with Crippen LogP contribution < -0.4 is 4.90 Å². The van der Waals surface area contributed by atoms with Gasteiger partial charge in [-0.1, -0.05) is 0 Å². The molecule has 1 saturated heterocycles. The molecule has 0 bridgehead atoms. The third-order valence-corrected chi connectivity index (χ3v) is 5.33. The fourth-order valence-electron chi connectivity index (χ4n) is 4.05. The zero-order chi connectivity index (χ0) is 17.3. The topological polar surface area (TPSA) is 41.5 Å². The zero-order valence-corrected chi connectivity index (χ0v) is 15.3. The third-order valence-electron chi connectivity index (χ3n) is 5.33. The van der Waals surface area contributed by atoms with Gasteiger partial charge < -0.3 is 9.64 Å². The molecule has 1 saturated carbocycles. The molecule has 0 aromatic carbocycles. The molecular formula is C18H29FN4O. The molecule has 1 aliphatic heterocycles. The molecule has 0 atom stereocenters. The first kappa shape index (κ1) is 17.5. The van der Waals surface area contributed by atoms with Gasteiger partial charge in [0.05, 0.1) is 25.1 Å². The highest BCUT2D eigenvalue weighted by Gasteiger charge is 2.46. The Morgan fingerprint density at radius 1 is 1.42 bits per heavy atom. The molecule has 1 aliphatic carbocycles. The largest absolute Gasteiger partial charge is 0.379 e. The molecule has 0 amide bonds. The quantitative estimate of drug-likeness (QED) is 0.844. The molecule has 2 heterocycles. The molecular weight excluding hydrogens is 307 g/mol. The molecule has 6 heteroatoms. The molecule has 24 heavy (non-hydrogen) atoms. The second-order valence-corrected chi connectivity index (χ2v) is 7.95. The van der Waals surface area contributed by atoms with E-state index in [9.17, 15) is 4.39 Å². The Labute approximate surface area is 144 Å². The molecule has 5 nitrogen and oxygen atoms in total. The van der Waals surface area contributed by atoms with Crippen molar-refractivity contribution in [2.75, 3.05) is 45.3 Å². The van der Waals surface area contributed by atoms with Crippen LogP contribution in [0.4, 0.5) is 10.3 Å². The lowest BCUT2D eigenvalue weighted by molar-refractivity contribution is -0.0322. The summed E-state index contributed by atoms with van der Waals surface area (Å²) in [6.45, 7) is 8.24. The van der Waals surface area contributed by atoms with Gasteiger partial charge >= 0.3 is 0 Å². The molecule has 0 radical (unpaired) electrons. The summed E-state index contributed by atoms with van der Waals surface area (Å²) in [5.41, 5.74) is 0.795. The van der Waals surface area contributed by atoms with Crippen LogP contribution in [0.3, 0.4) is 0 Å². The van der Waals surface area contributed by atoms with E-state index in [1.54, 1.807) is 0 Å². The van der Waals surface area contributed by atoms with Crippen molar-refractivity contribution >= 4 is 5.95 Å². The van der Waals surface area contributed by atoms with Gasteiger partial charge in [-0.25, -0.2) is 14.4 Å². The summed E-state index contributed by atoms with van der Waals surface area (Å²) in [7, 11) is 3.75. The van der Waals surface area contributed by atoms with Crippen molar-refractivity contribution in [3.8, 4) is 0 Å². The van der Waals surface area contributed by atoms with Crippen LogP contribution in [0, 0.1) is 17.2 Å². The Kier molecular flexibility index (Phi) is 5.06. The van der Waals surface area contributed by atoms with Crippen molar-refractivity contribution < 1.29 is 9.13 Å². The van der Waals surface area contributed by atoms with Gasteiger partial charge in [0.25, 0.3) is 0 Å². The number of rotatable bonds is 4. The van der Waals surface area contributed by atoms with Crippen LogP contribution in [-0.2, 0) is 11.2 Å². The summed E-state index contributed by atoms with van der Waals surface area (Å²) in [5, 5.41) is 0. The Hall–Kier alpha value is -1.27. The first-order valence-corrected chi connectivity index (χ1v) is 8.89. The minimum absolute atomic E-state index is 0.249. The molecule has 2 fully saturated rings. The third kappa shape index (κ3) is 3.70. The first-order chi connectivity index (χ1) is 11.4. The van der Waals surface area contributed by atoms with Crippen LogP contribution in [0.25, 0.3) is 0 Å². The lowest BCUT2D eigenvalue weighted by Gasteiger charge is -2.49. The smallest absolute Gasteiger partial charge is 0.225 e. The van der Waals surface area contributed by atoms with Gasteiger partial charge in [0.2, 0.25) is 5.95 Å². The maximum Gasteiger partial charge on any atom is 0.225 e. The van der Waals surface area contributed by atoms with E-state index in [1.165, 1.54) is 6.20 Å². The van der Waals surface area contributed by atoms with E-state index in [1.807, 2.05) is 19.0 Å². The summed E-state index contributed by atoms with van der Waals surface area (Å²) in [6, 6.07) is 0.546. The van der Waals surface area contributed by atoms with Crippen LogP contribution in [0.15, 0.2) is 6.20 Å². The average molecular weight is 336 g/mol. The van der Waals surface area contributed by atoms with Crippen molar-refractivity contribution in [2.24, 2.45) is 11.3 Å². The van der Waals surface area contributed by atoms with Gasteiger partial charge in [0.15, 0.2) is 5.82 Å². The maximum atomic E-state index is 14.0. The molecule has 1 aromatic heterocycles. The van der Waals surface area contributed by atoms with Gasteiger partial charge in [0.1, 0.15) is 0 Å². The summed E-state index contributed by atoms with van der Waals surface area (Å²) >= 11 is 0. The van der Waals surface area contributed by atoms with E-state index in [4.69, 9.17) is 4.74 Å². The Morgan fingerprint density at radius 3 is 2.83 bits per heavy atom. The fourth-order valence-corrected chi connectivity index (χ4v) is 4.05. The van der Waals surface area contributed by atoms with E-state index in [2.05, 4.69) is 28.7 Å². The summed E-state index contributed by atoms with van der Waals surface area (Å²) in [6.07, 6.45) is 4.17. The zero-order valence-electron chi connectivity index (χ0n) is 15.3. The van der Waals surface area contributed by atoms with E-state index in [-0.39, 0.29) is 11.2 Å². The molecule has 1 aromatic rings. The Balaban J connectivity index is 1.63. The van der Waals surface area contributed by atoms with Crippen LogP contribution >= 0.6 is 0 Å². The highest BCUT2D eigenvalue weighted by Crippen LogP contribution is 2.48. The molecule has 0 N–H and O–H groups in total. The van der Waals surface area contributed by atoms with Gasteiger partial charge in [-0.05, 0) is 39.0 Å². The minimum Gasteiger partial charge on any atom is -0.379 e. The highest BCUT2D eigenvalue weighted by atomic mass is 19.1. The van der Waals surface area contributed by atoms with Crippen molar-refractivity contribution in [3.05, 3.63) is 17.7 Å². The minimum atomic E-state index is -0.289. The Morgan fingerprint density at radius 2 is 2.17 bits per heavy atom. The second-order valence-electron chi connectivity index (χ2n) is 7.95. The lowest BCUT2D eigenvalue weighted by Crippen LogP contribution is -2.49. The summed E-state index contributed by atoms with van der Waals surface area (Å²) < 4.78 is 19.9. The van der Waals surface area contributed by atoms with Crippen LogP contribution in [-0.4, -0.2) is 61.3 Å². The lowest BCUT2D eigenvalue weighted by atomic mass is 9.60. The SMILES string of the molecule is CC(C)N1CCOCC2(CC(Cc3nc(N(C)C)ncc3F)C2)C1. The average Bonchev–Trinajstić information content (AvgIpc) is 2.72. The monoisotopic (exact) mass is 336 g/mol. The van der Waals surface area contributed by atoms with Crippen molar-refractivity contribution in [2.45, 2.75) is 39.2 Å². The normalized spacial score (nSPS) is 28.0. The van der Waals surface area contributed by atoms with Crippen LogP contribution in [0.5, 0.6) is 0 Å². The molecule has 2 aliphatic rings. The van der Waals surface area contributed by atoms with Crippen LogP contribution in [0.2, 0.25) is 0 Å². The number of anilines is 1. The van der Waals surface area contributed by atoms with Crippen molar-refractivity contribution in [3.63, 3.8) is 0 Å². The summed E-state index contributed by atoms with van der Waals surface area (Å²) in [4.78, 5) is 12.7. The number of hydrogen-bond acceptors (Lipinski definition) is 5. The standard InChI is InChI=1S/C18H29FN4O/c1-13(2)23-5-6-24-12-18(11-23)8-14(9-18)7-16-15(19)10-20-17(21-16)22(3)4/h10,13-14H,5-9,11-12H2,1-4H3. The van der Waals surface area contributed by atoms with E-state index in [0.717, 1.165) is 39.1 Å². The molecule has 3 rings (SSSR count). The highest BCUT2D eigenvalue weighted by molar-refractivity contribution is 5.28. The fraction of sp³-hybridized carbons (Fsp3) is 0.778. The van der Waals surface area contributed by atoms with Crippen LogP contribution in [0.1, 0.15) is 32.4 Å². The second kappa shape index (κ2) is 6.92. The number of hydrogen-bond donors (Lipinski definition) is 0. The molecule has 134 valence electrons. The van der Waals surface area contributed by atoms with Crippen molar-refractivity contribution in [1.29, 1.82) is 0 Å². The predicted molar refractivity (Wildman–Crippen MR) is 92.7 cm³/mol. The summed E-state index contributed by atoms with van der Waals surface area (Å²) in [5.74, 6) is 0.770. The van der Waals surface area contributed by atoms with Gasteiger partial charge in [0, 0.05) is 38.6 Å². The maximum absolute atomic E-state index is 14.0. The number of halogens is 1. The number of aromatic nitrogens is 2. The first-order valence-electron chi connectivity index (χ1n) is 8.89. The van der Waals surface area contributed by atoms with E-state index in [0.29, 0.717) is 30.0 Å². The Bertz CT molecular complexity index is 572. The van der Waals surface area contributed by atoms with Gasteiger partial charge in [-0.2, -0.15) is 0 Å². The van der Waals surface area contributed by atoms with Gasteiger partial charge in [-0.15, -0.1) is 0 Å².